The molecule has 39 heavy (non-hydrogen) atoms. The zero-order valence-corrected chi connectivity index (χ0v) is 24.1. The van der Waals surface area contributed by atoms with Gasteiger partial charge in [0.05, 0.1) is 11.1 Å². The molecule has 0 spiro atoms. The van der Waals surface area contributed by atoms with Crippen molar-refractivity contribution in [2.24, 2.45) is 8.80 Å². The maximum atomic E-state index is 12.3. The molecule has 0 fully saturated rings. The zero-order valence-electron chi connectivity index (χ0n) is 21.0. The van der Waals surface area contributed by atoms with Gasteiger partial charge in [-0.05, 0) is 41.8 Å². The molecule has 0 atom stereocenters. The third-order valence-electron chi connectivity index (χ3n) is 5.99. The molecule has 198 valence electrons. The summed E-state index contributed by atoms with van der Waals surface area (Å²) >= 11 is 0. The van der Waals surface area contributed by atoms with Crippen molar-refractivity contribution < 1.29 is 39.4 Å². The number of allylic oxidation sites excluding steroid dienone is 2. The molecule has 0 saturated heterocycles. The minimum atomic E-state index is -3.91. The molecule has 0 unspecified atom stereocenters. The van der Waals surface area contributed by atoms with E-state index in [1.807, 2.05) is 84.9 Å². The number of hydrogen-bond acceptors (Lipinski definition) is 4. The molecule has 0 aliphatic carbocycles. The van der Waals surface area contributed by atoms with Crippen LogP contribution in [0.4, 0.5) is 0 Å². The number of ketones is 1. The monoisotopic (exact) mass is 714 g/mol. The molecule has 1 aliphatic heterocycles. The van der Waals surface area contributed by atoms with Crippen molar-refractivity contribution in [2.75, 3.05) is 0 Å². The molecular formula is C31H23N2O4PtS-. The Morgan fingerprint density at radius 1 is 0.744 bits per heavy atom. The smallest absolute Gasteiger partial charge is 0.356 e. The van der Waals surface area contributed by atoms with Gasteiger partial charge in [-0.15, -0.1) is 28.2 Å². The maximum Gasteiger partial charge on any atom is 0.356 e. The van der Waals surface area contributed by atoms with E-state index in [9.17, 15) is 13.2 Å². The van der Waals surface area contributed by atoms with Gasteiger partial charge in [-0.25, -0.2) is 0 Å². The van der Waals surface area contributed by atoms with Crippen LogP contribution in [0.5, 0.6) is 0 Å². The number of nitrogens with zero attached hydrogens (tertiary/aromatic N) is 2. The molecule has 5 aromatic rings. The summed E-state index contributed by atoms with van der Waals surface area (Å²) < 4.78 is 32.6. The summed E-state index contributed by atoms with van der Waals surface area (Å²) in [5.74, 6) is -0.0625. The van der Waals surface area contributed by atoms with E-state index in [1.54, 1.807) is 0 Å². The van der Waals surface area contributed by atoms with E-state index in [0.29, 0.717) is 16.1 Å². The van der Waals surface area contributed by atoms with Gasteiger partial charge >= 0.3 is 10.2 Å². The van der Waals surface area contributed by atoms with Gasteiger partial charge in [-0.1, -0.05) is 89.1 Å². The Morgan fingerprint density at radius 2 is 1.33 bits per heavy atom. The van der Waals surface area contributed by atoms with Crippen molar-refractivity contribution in [3.05, 3.63) is 120 Å². The van der Waals surface area contributed by atoms with Crippen molar-refractivity contribution in [3.8, 4) is 22.3 Å². The van der Waals surface area contributed by atoms with E-state index in [0.717, 1.165) is 38.4 Å². The van der Waals surface area contributed by atoms with Crippen LogP contribution < -0.4 is 10.7 Å². The normalized spacial score (nSPS) is 13.3. The van der Waals surface area contributed by atoms with Crippen molar-refractivity contribution in [1.29, 1.82) is 0 Å². The standard InChI is InChI=1S/C26H15N2O2S.C5H8O2.Pt/c29-31(30)27-25-23-15-19(17-7-3-1-4-8-17)11-13-21(23)22-14-12-20(16-24(22)26(25)28-31)18-9-5-2-6-10-18;1-4(6)3-5(2)7;/h1-15H;3,6H,1-2H3;/q-1;;/b;4-3-;. The first-order valence-corrected chi connectivity index (χ1v) is 13.3. The molecule has 0 aromatic heterocycles. The van der Waals surface area contributed by atoms with Crippen LogP contribution in [-0.2, 0) is 36.1 Å². The Hall–Kier alpha value is -3.93. The molecule has 0 radical (unpaired) electrons. The summed E-state index contributed by atoms with van der Waals surface area (Å²) in [7, 11) is -3.91. The largest absolute Gasteiger partial charge is 0.512 e. The predicted molar refractivity (Wildman–Crippen MR) is 149 cm³/mol. The van der Waals surface area contributed by atoms with E-state index < -0.39 is 10.2 Å². The number of fused-ring (bicyclic) bond motifs is 6. The Labute approximate surface area is 240 Å². The Morgan fingerprint density at radius 3 is 1.92 bits per heavy atom. The molecule has 5 aromatic carbocycles. The molecule has 0 amide bonds. The number of aliphatic hydroxyl groups is 1. The molecular weight excluding hydrogens is 691 g/mol. The molecule has 1 N–H and O–H groups in total. The first kappa shape index (κ1) is 28.1. The number of rotatable bonds is 3. The van der Waals surface area contributed by atoms with Crippen LogP contribution >= 0.6 is 0 Å². The summed E-state index contributed by atoms with van der Waals surface area (Å²) in [5, 5.41) is 12.4. The van der Waals surface area contributed by atoms with E-state index >= 15 is 0 Å². The number of aliphatic hydroxyl groups excluding tert-OH is 1. The summed E-state index contributed by atoms with van der Waals surface area (Å²) in [6.07, 6.45) is 1.17. The third kappa shape index (κ3) is 6.05. The predicted octanol–water partition coefficient (Wildman–Crippen LogP) is 5.66. The van der Waals surface area contributed by atoms with Gasteiger partial charge in [0.2, 0.25) is 0 Å². The van der Waals surface area contributed by atoms with E-state index in [4.69, 9.17) is 5.11 Å². The second-order valence-corrected chi connectivity index (χ2v) is 10.1. The second kappa shape index (κ2) is 11.4. The molecule has 0 saturated carbocycles. The zero-order chi connectivity index (χ0) is 26.9. The van der Waals surface area contributed by atoms with Gasteiger partial charge in [0, 0.05) is 32.5 Å². The van der Waals surface area contributed by atoms with Crippen molar-refractivity contribution in [1.82, 2.24) is 0 Å². The molecule has 1 heterocycles. The molecule has 6 rings (SSSR count). The van der Waals surface area contributed by atoms with Gasteiger partial charge in [-0.2, -0.15) is 12.8 Å². The van der Waals surface area contributed by atoms with E-state index in [1.165, 1.54) is 19.9 Å². The summed E-state index contributed by atoms with van der Waals surface area (Å²) in [6, 6.07) is 33.4. The number of carbonyl (C=O) groups excluding carboxylic acids is 1. The fourth-order valence-electron chi connectivity index (χ4n) is 4.45. The van der Waals surface area contributed by atoms with Crippen LogP contribution in [0.25, 0.3) is 43.8 Å². The van der Waals surface area contributed by atoms with Gasteiger partial charge in [0.25, 0.3) is 0 Å². The first-order valence-electron chi connectivity index (χ1n) is 11.9. The van der Waals surface area contributed by atoms with Gasteiger partial charge in [0.1, 0.15) is 0 Å². The van der Waals surface area contributed by atoms with Crippen LogP contribution in [0.1, 0.15) is 13.8 Å². The summed E-state index contributed by atoms with van der Waals surface area (Å²) in [6.45, 7) is 2.85. The minimum absolute atomic E-state index is 0. The van der Waals surface area contributed by atoms with Crippen LogP contribution in [0.2, 0.25) is 0 Å². The summed E-state index contributed by atoms with van der Waals surface area (Å²) in [4.78, 5) is 10.0. The van der Waals surface area contributed by atoms with Gasteiger partial charge < -0.3 is 5.11 Å². The maximum absolute atomic E-state index is 12.3. The fraction of sp³-hybridized carbons (Fsp3) is 0.0645. The average Bonchev–Trinajstić information content (AvgIpc) is 3.24. The number of carbonyl (C=O) groups is 1. The molecule has 0 bridgehead atoms. The second-order valence-electron chi connectivity index (χ2n) is 8.88. The van der Waals surface area contributed by atoms with Gasteiger partial charge in [-0.3, -0.25) is 4.79 Å². The van der Waals surface area contributed by atoms with Crippen LogP contribution in [-0.4, -0.2) is 19.3 Å². The van der Waals surface area contributed by atoms with Crippen molar-refractivity contribution in [3.63, 3.8) is 0 Å². The van der Waals surface area contributed by atoms with Gasteiger partial charge in [0.15, 0.2) is 5.78 Å². The van der Waals surface area contributed by atoms with Crippen LogP contribution in [0.15, 0.2) is 112 Å². The third-order valence-corrected chi connectivity index (χ3v) is 6.82. The first-order chi connectivity index (χ1) is 18.2. The Kier molecular flexibility index (Phi) is 8.24. The van der Waals surface area contributed by atoms with Crippen LogP contribution in [0, 0.1) is 6.07 Å². The molecule has 1 aliphatic rings. The SMILES string of the molecule is CC(=O)/C=C(/C)O.O=S1(=O)N=c2c(c3cc(-c4ccccc4)ccc3c3ccc(-c4ccccc4)[c-]c23)=N1.[Pt]. The Balaban J connectivity index is 0.000000394. The minimum Gasteiger partial charge on any atom is -0.512 e. The van der Waals surface area contributed by atoms with Crippen molar-refractivity contribution >= 4 is 37.5 Å². The molecule has 6 nitrogen and oxygen atoms in total. The molecule has 8 heteroatoms. The van der Waals surface area contributed by atoms with E-state index in [2.05, 4.69) is 20.9 Å². The fourth-order valence-corrected chi connectivity index (χ4v) is 5.31. The van der Waals surface area contributed by atoms with E-state index in [-0.39, 0.29) is 32.6 Å². The average molecular weight is 715 g/mol. The number of hydrogen-bond donors (Lipinski definition) is 1. The quantitative estimate of drug-likeness (QED) is 0.113. The van der Waals surface area contributed by atoms with Crippen molar-refractivity contribution in [2.45, 2.75) is 13.8 Å². The Bertz CT molecular complexity index is 1840. The number of benzene rings is 5. The van der Waals surface area contributed by atoms with Crippen LogP contribution in [0.3, 0.4) is 0 Å². The summed E-state index contributed by atoms with van der Waals surface area (Å²) in [5.41, 5.74) is 3.95. The topological polar surface area (TPSA) is 96.2 Å².